The zero-order chi connectivity index (χ0) is 15.4. The molecule has 0 aliphatic rings. The number of non-ortho nitro benzene ring substituents is 1. The molecule has 0 aliphatic heterocycles. The van der Waals surface area contributed by atoms with Gasteiger partial charge in [-0.2, -0.15) is 0 Å². The Morgan fingerprint density at radius 2 is 1.90 bits per heavy atom. The van der Waals surface area contributed by atoms with E-state index in [1.807, 2.05) is 13.0 Å². The molecule has 0 heterocycles. The van der Waals surface area contributed by atoms with E-state index in [4.69, 9.17) is 9.47 Å². The third-order valence-electron chi connectivity index (χ3n) is 2.81. The van der Waals surface area contributed by atoms with Gasteiger partial charge in [-0.05, 0) is 25.1 Å². The summed E-state index contributed by atoms with van der Waals surface area (Å²) in [6.45, 7) is 1.85. The average Bonchev–Trinajstić information content (AvgIpc) is 2.47. The number of nitro benzene ring substituents is 1. The molecule has 0 spiro atoms. The van der Waals surface area contributed by atoms with Gasteiger partial charge in [0.25, 0.3) is 5.69 Å². The van der Waals surface area contributed by atoms with Crippen LogP contribution in [-0.2, 0) is 0 Å². The predicted molar refractivity (Wildman–Crippen MR) is 75.8 cm³/mol. The molecule has 0 atom stereocenters. The van der Waals surface area contributed by atoms with E-state index in [0.29, 0.717) is 5.56 Å². The zero-order valence-electron chi connectivity index (χ0n) is 11.5. The van der Waals surface area contributed by atoms with Crippen molar-refractivity contribution >= 4 is 11.7 Å². The SMILES string of the molecule is COc1ccc([N+](=O)[O-])cc1OC(=O)c1cccc(C)c1. The van der Waals surface area contributed by atoms with E-state index in [-0.39, 0.29) is 17.2 Å². The van der Waals surface area contributed by atoms with Gasteiger partial charge in [0, 0.05) is 6.07 Å². The lowest BCUT2D eigenvalue weighted by atomic mass is 10.1. The van der Waals surface area contributed by atoms with Crippen LogP contribution in [0.25, 0.3) is 0 Å². The molecule has 0 unspecified atom stereocenters. The molecule has 0 saturated heterocycles. The Labute approximate surface area is 121 Å². The van der Waals surface area contributed by atoms with Gasteiger partial charge in [0.2, 0.25) is 0 Å². The van der Waals surface area contributed by atoms with E-state index in [1.54, 1.807) is 18.2 Å². The van der Waals surface area contributed by atoms with Crippen LogP contribution in [0, 0.1) is 17.0 Å². The summed E-state index contributed by atoms with van der Waals surface area (Å²) in [7, 11) is 1.39. The van der Waals surface area contributed by atoms with Gasteiger partial charge in [0.1, 0.15) is 0 Å². The number of benzene rings is 2. The summed E-state index contributed by atoms with van der Waals surface area (Å²) in [5.74, 6) is -0.336. The van der Waals surface area contributed by atoms with Crippen LogP contribution >= 0.6 is 0 Å². The number of nitro groups is 1. The number of carbonyl (C=O) groups is 1. The molecule has 108 valence electrons. The van der Waals surface area contributed by atoms with Crippen molar-refractivity contribution in [1.29, 1.82) is 0 Å². The molecule has 0 fully saturated rings. The summed E-state index contributed by atoms with van der Waals surface area (Å²) in [5, 5.41) is 10.8. The van der Waals surface area contributed by atoms with Gasteiger partial charge in [-0.25, -0.2) is 4.79 Å². The molecular formula is C15H13NO5. The van der Waals surface area contributed by atoms with Crippen LogP contribution in [0.15, 0.2) is 42.5 Å². The molecule has 0 bridgehead atoms. The maximum Gasteiger partial charge on any atom is 0.343 e. The molecule has 0 aliphatic carbocycles. The smallest absolute Gasteiger partial charge is 0.343 e. The fourth-order valence-corrected chi connectivity index (χ4v) is 1.79. The van der Waals surface area contributed by atoms with E-state index < -0.39 is 10.9 Å². The van der Waals surface area contributed by atoms with E-state index in [0.717, 1.165) is 11.6 Å². The summed E-state index contributed by atoms with van der Waals surface area (Å²) in [6, 6.07) is 10.7. The van der Waals surface area contributed by atoms with Crippen molar-refractivity contribution in [2.24, 2.45) is 0 Å². The molecule has 2 aromatic carbocycles. The number of carbonyl (C=O) groups excluding carboxylic acids is 1. The Kier molecular flexibility index (Phi) is 4.18. The lowest BCUT2D eigenvalue weighted by Crippen LogP contribution is -2.09. The number of hydrogen-bond donors (Lipinski definition) is 0. The Morgan fingerprint density at radius 3 is 2.52 bits per heavy atom. The van der Waals surface area contributed by atoms with Crippen molar-refractivity contribution in [2.75, 3.05) is 7.11 Å². The molecule has 21 heavy (non-hydrogen) atoms. The Morgan fingerprint density at radius 1 is 1.14 bits per heavy atom. The van der Waals surface area contributed by atoms with Gasteiger partial charge in [-0.3, -0.25) is 10.1 Å². The lowest BCUT2D eigenvalue weighted by Gasteiger charge is -2.09. The van der Waals surface area contributed by atoms with Gasteiger partial charge >= 0.3 is 5.97 Å². The van der Waals surface area contributed by atoms with E-state index in [9.17, 15) is 14.9 Å². The first-order valence-electron chi connectivity index (χ1n) is 6.12. The summed E-state index contributed by atoms with van der Waals surface area (Å²) in [4.78, 5) is 22.3. The van der Waals surface area contributed by atoms with Crippen molar-refractivity contribution < 1.29 is 19.2 Å². The normalized spacial score (nSPS) is 10.0. The number of aryl methyl sites for hydroxylation is 1. The van der Waals surface area contributed by atoms with Crippen LogP contribution in [0.1, 0.15) is 15.9 Å². The van der Waals surface area contributed by atoms with Crippen LogP contribution in [0.4, 0.5) is 5.69 Å². The fourth-order valence-electron chi connectivity index (χ4n) is 1.79. The highest BCUT2D eigenvalue weighted by molar-refractivity contribution is 5.91. The minimum atomic E-state index is -0.600. The average molecular weight is 287 g/mol. The zero-order valence-corrected chi connectivity index (χ0v) is 11.5. The number of hydrogen-bond acceptors (Lipinski definition) is 5. The summed E-state index contributed by atoms with van der Waals surface area (Å²) < 4.78 is 10.2. The van der Waals surface area contributed by atoms with Crippen LogP contribution < -0.4 is 9.47 Å². The minimum absolute atomic E-state index is 0.0122. The van der Waals surface area contributed by atoms with Crippen molar-refractivity contribution in [3.63, 3.8) is 0 Å². The molecule has 6 nitrogen and oxygen atoms in total. The van der Waals surface area contributed by atoms with Gasteiger partial charge in [-0.1, -0.05) is 17.7 Å². The van der Waals surface area contributed by atoms with Crippen LogP contribution in [-0.4, -0.2) is 18.0 Å². The molecule has 2 rings (SSSR count). The maximum atomic E-state index is 12.1. The highest BCUT2D eigenvalue weighted by Crippen LogP contribution is 2.31. The lowest BCUT2D eigenvalue weighted by molar-refractivity contribution is -0.384. The molecular weight excluding hydrogens is 274 g/mol. The van der Waals surface area contributed by atoms with E-state index in [1.165, 1.54) is 19.2 Å². The second-order valence-electron chi connectivity index (χ2n) is 4.35. The first-order valence-corrected chi connectivity index (χ1v) is 6.12. The second-order valence-corrected chi connectivity index (χ2v) is 4.35. The first-order chi connectivity index (χ1) is 10.0. The molecule has 2 aromatic rings. The van der Waals surface area contributed by atoms with Crippen LogP contribution in [0.3, 0.4) is 0 Å². The van der Waals surface area contributed by atoms with Crippen molar-refractivity contribution in [2.45, 2.75) is 6.92 Å². The molecule has 0 saturated carbocycles. The Hall–Kier alpha value is -2.89. The van der Waals surface area contributed by atoms with E-state index in [2.05, 4.69) is 0 Å². The monoisotopic (exact) mass is 287 g/mol. The number of esters is 1. The standard InChI is InChI=1S/C15H13NO5/c1-10-4-3-5-11(8-10)15(17)21-14-9-12(16(18)19)6-7-13(14)20-2/h3-9H,1-2H3. The fraction of sp³-hybridized carbons (Fsp3) is 0.133. The number of nitrogens with zero attached hydrogens (tertiary/aromatic N) is 1. The molecule has 0 N–H and O–H groups in total. The third-order valence-corrected chi connectivity index (χ3v) is 2.81. The van der Waals surface area contributed by atoms with Crippen molar-refractivity contribution in [3.05, 3.63) is 63.7 Å². The highest BCUT2D eigenvalue weighted by atomic mass is 16.6. The summed E-state index contributed by atoms with van der Waals surface area (Å²) in [6.07, 6.45) is 0. The third kappa shape index (κ3) is 3.36. The highest BCUT2D eigenvalue weighted by Gasteiger charge is 2.16. The van der Waals surface area contributed by atoms with Gasteiger partial charge in [-0.15, -0.1) is 0 Å². The van der Waals surface area contributed by atoms with Gasteiger partial charge in [0.05, 0.1) is 23.7 Å². The Bertz CT molecular complexity index is 696. The van der Waals surface area contributed by atoms with Crippen molar-refractivity contribution in [1.82, 2.24) is 0 Å². The van der Waals surface area contributed by atoms with Gasteiger partial charge in [0.15, 0.2) is 11.5 Å². The predicted octanol–water partition coefficient (Wildman–Crippen LogP) is 3.13. The number of ether oxygens (including phenoxy) is 2. The largest absolute Gasteiger partial charge is 0.493 e. The summed E-state index contributed by atoms with van der Waals surface area (Å²) in [5.41, 5.74) is 1.10. The maximum absolute atomic E-state index is 12.1. The van der Waals surface area contributed by atoms with Crippen LogP contribution in [0.2, 0.25) is 0 Å². The molecule has 6 heteroatoms. The Balaban J connectivity index is 2.31. The number of rotatable bonds is 4. The molecule has 0 amide bonds. The quantitative estimate of drug-likeness (QED) is 0.373. The second kappa shape index (κ2) is 6.04. The minimum Gasteiger partial charge on any atom is -0.493 e. The van der Waals surface area contributed by atoms with E-state index >= 15 is 0 Å². The summed E-state index contributed by atoms with van der Waals surface area (Å²) >= 11 is 0. The molecule has 0 radical (unpaired) electrons. The molecule has 0 aromatic heterocycles. The number of methoxy groups -OCH3 is 1. The van der Waals surface area contributed by atoms with Gasteiger partial charge < -0.3 is 9.47 Å². The van der Waals surface area contributed by atoms with Crippen molar-refractivity contribution in [3.8, 4) is 11.5 Å². The topological polar surface area (TPSA) is 78.7 Å². The van der Waals surface area contributed by atoms with Crippen LogP contribution in [0.5, 0.6) is 11.5 Å². The first kappa shape index (κ1) is 14.5.